The van der Waals surface area contributed by atoms with Crippen LogP contribution in [0.2, 0.25) is 0 Å². The molecule has 1 aromatic carbocycles. The number of carboxylic acids is 1. The van der Waals surface area contributed by atoms with Crippen molar-refractivity contribution in [1.82, 2.24) is 0 Å². The maximum Gasteiger partial charge on any atom is 0.348 e. The molecule has 0 radical (unpaired) electrons. The van der Waals surface area contributed by atoms with Crippen LogP contribution >= 0.6 is 0 Å². The summed E-state index contributed by atoms with van der Waals surface area (Å²) in [5.74, 6) is -0.744. The number of aromatic hydroxyl groups is 1. The van der Waals surface area contributed by atoms with Crippen LogP contribution in [0.25, 0.3) is 0 Å². The van der Waals surface area contributed by atoms with Gasteiger partial charge < -0.3 is 14.9 Å². The van der Waals surface area contributed by atoms with Crippen LogP contribution in [0.15, 0.2) is 18.2 Å². The minimum atomic E-state index is -1.11. The Balaban J connectivity index is 2.24. The number of rotatable bonds is 3. The van der Waals surface area contributed by atoms with E-state index in [0.29, 0.717) is 12.8 Å². The Morgan fingerprint density at radius 1 is 1.47 bits per heavy atom. The largest absolute Gasteiger partial charge is 0.504 e. The Morgan fingerprint density at radius 3 is 2.67 bits per heavy atom. The molecule has 0 atom stereocenters. The maximum atomic E-state index is 10.9. The van der Waals surface area contributed by atoms with Gasteiger partial charge in [-0.2, -0.15) is 0 Å². The van der Waals surface area contributed by atoms with E-state index in [9.17, 15) is 9.90 Å². The van der Waals surface area contributed by atoms with Crippen molar-refractivity contribution in [2.45, 2.75) is 25.4 Å². The van der Waals surface area contributed by atoms with Gasteiger partial charge in [0.05, 0.1) is 0 Å². The van der Waals surface area contributed by atoms with Gasteiger partial charge in [-0.1, -0.05) is 6.07 Å². The lowest BCUT2D eigenvalue weighted by atomic mass is 10.2. The number of hydrogen-bond acceptors (Lipinski definition) is 3. The smallest absolute Gasteiger partial charge is 0.348 e. The topological polar surface area (TPSA) is 66.8 Å². The summed E-state index contributed by atoms with van der Waals surface area (Å²) in [6.45, 7) is 1.85. The van der Waals surface area contributed by atoms with Crippen LogP contribution in [-0.2, 0) is 4.79 Å². The normalized spacial score (nSPS) is 17.1. The Labute approximate surface area is 87.1 Å². The average molecular weight is 208 g/mol. The van der Waals surface area contributed by atoms with Crippen molar-refractivity contribution >= 4 is 5.97 Å². The predicted octanol–water partition coefficient (Wildman–Crippen LogP) is 1.70. The zero-order valence-electron chi connectivity index (χ0n) is 8.36. The van der Waals surface area contributed by atoms with E-state index in [2.05, 4.69) is 0 Å². The third kappa shape index (κ3) is 1.75. The minimum Gasteiger partial charge on any atom is -0.504 e. The SMILES string of the molecule is Cc1ccc(O)c(OC2(C(=O)O)CC2)c1. The third-order valence-corrected chi connectivity index (χ3v) is 2.51. The van der Waals surface area contributed by atoms with Crippen LogP contribution in [0.1, 0.15) is 18.4 Å². The summed E-state index contributed by atoms with van der Waals surface area (Å²) in [6, 6.07) is 4.88. The molecule has 0 aromatic heterocycles. The number of carbonyl (C=O) groups is 1. The summed E-state index contributed by atoms with van der Waals surface area (Å²) >= 11 is 0. The molecule has 2 rings (SSSR count). The molecular formula is C11H12O4. The van der Waals surface area contributed by atoms with E-state index in [0.717, 1.165) is 5.56 Å². The van der Waals surface area contributed by atoms with Gasteiger partial charge in [0.15, 0.2) is 11.5 Å². The molecule has 1 aromatic rings. The van der Waals surface area contributed by atoms with E-state index in [1.54, 1.807) is 12.1 Å². The van der Waals surface area contributed by atoms with E-state index in [4.69, 9.17) is 9.84 Å². The lowest BCUT2D eigenvalue weighted by Gasteiger charge is -2.14. The number of aryl methyl sites for hydroxylation is 1. The van der Waals surface area contributed by atoms with Gasteiger partial charge in [0.2, 0.25) is 5.60 Å². The van der Waals surface area contributed by atoms with Crippen molar-refractivity contribution in [3.05, 3.63) is 23.8 Å². The Kier molecular flexibility index (Phi) is 2.07. The van der Waals surface area contributed by atoms with Crippen LogP contribution in [-0.4, -0.2) is 21.8 Å². The highest BCUT2D eigenvalue weighted by molar-refractivity contribution is 5.81. The summed E-state index contributed by atoms with van der Waals surface area (Å²) in [5, 5.41) is 18.4. The van der Waals surface area contributed by atoms with Crippen molar-refractivity contribution in [1.29, 1.82) is 0 Å². The first-order chi connectivity index (χ1) is 7.03. The lowest BCUT2D eigenvalue weighted by molar-refractivity contribution is -0.147. The summed E-state index contributed by atoms with van der Waals surface area (Å²) in [6.07, 6.45) is 0.991. The second-order valence-corrected chi connectivity index (χ2v) is 3.87. The van der Waals surface area contributed by atoms with Crippen molar-refractivity contribution in [3.8, 4) is 11.5 Å². The van der Waals surface area contributed by atoms with Crippen LogP contribution in [0.4, 0.5) is 0 Å². The molecular weight excluding hydrogens is 196 g/mol. The first kappa shape index (κ1) is 9.83. The molecule has 4 heteroatoms. The van der Waals surface area contributed by atoms with Gasteiger partial charge >= 0.3 is 5.97 Å². The van der Waals surface area contributed by atoms with E-state index >= 15 is 0 Å². The van der Waals surface area contributed by atoms with E-state index in [1.807, 2.05) is 6.92 Å². The van der Waals surface area contributed by atoms with Crippen LogP contribution in [0.3, 0.4) is 0 Å². The molecule has 0 amide bonds. The summed E-state index contributed by atoms with van der Waals surface area (Å²) in [4.78, 5) is 10.9. The van der Waals surface area contributed by atoms with E-state index in [-0.39, 0.29) is 11.5 Å². The van der Waals surface area contributed by atoms with E-state index in [1.165, 1.54) is 6.07 Å². The fraction of sp³-hybridized carbons (Fsp3) is 0.364. The van der Waals surface area contributed by atoms with E-state index < -0.39 is 11.6 Å². The summed E-state index contributed by atoms with van der Waals surface area (Å²) in [7, 11) is 0. The highest BCUT2D eigenvalue weighted by Gasteiger charge is 2.53. The minimum absolute atomic E-state index is 0.0203. The molecule has 0 aliphatic heterocycles. The standard InChI is InChI=1S/C11H12O4/c1-7-2-3-8(12)9(6-7)15-11(4-5-11)10(13)14/h2-3,6,12H,4-5H2,1H3,(H,13,14). The molecule has 1 aliphatic carbocycles. The van der Waals surface area contributed by atoms with Gasteiger partial charge in [0, 0.05) is 12.8 Å². The Morgan fingerprint density at radius 2 is 2.13 bits per heavy atom. The fourth-order valence-electron chi connectivity index (χ4n) is 1.39. The molecule has 0 unspecified atom stereocenters. The first-order valence-electron chi connectivity index (χ1n) is 4.75. The van der Waals surface area contributed by atoms with Gasteiger partial charge in [0.1, 0.15) is 0 Å². The maximum absolute atomic E-state index is 10.9. The van der Waals surface area contributed by atoms with Crippen molar-refractivity contribution < 1.29 is 19.7 Å². The van der Waals surface area contributed by atoms with Gasteiger partial charge in [-0.15, -0.1) is 0 Å². The van der Waals surface area contributed by atoms with Crippen molar-refractivity contribution in [2.75, 3.05) is 0 Å². The fourth-order valence-corrected chi connectivity index (χ4v) is 1.39. The molecule has 2 N–H and O–H groups in total. The third-order valence-electron chi connectivity index (χ3n) is 2.51. The molecule has 80 valence electrons. The number of aliphatic carboxylic acids is 1. The highest BCUT2D eigenvalue weighted by atomic mass is 16.5. The summed E-state index contributed by atoms with van der Waals surface area (Å²) < 4.78 is 5.34. The second kappa shape index (κ2) is 3.15. The molecule has 0 spiro atoms. The molecule has 0 heterocycles. The van der Waals surface area contributed by atoms with Gasteiger partial charge in [-0.3, -0.25) is 0 Å². The molecule has 15 heavy (non-hydrogen) atoms. The van der Waals surface area contributed by atoms with Crippen LogP contribution in [0.5, 0.6) is 11.5 Å². The van der Waals surface area contributed by atoms with Crippen LogP contribution in [0, 0.1) is 6.92 Å². The second-order valence-electron chi connectivity index (χ2n) is 3.87. The monoisotopic (exact) mass is 208 g/mol. The molecule has 1 fully saturated rings. The number of carboxylic acid groups (broad SMARTS) is 1. The zero-order valence-corrected chi connectivity index (χ0v) is 8.36. The van der Waals surface area contributed by atoms with Crippen LogP contribution < -0.4 is 4.74 Å². The molecule has 1 aliphatic rings. The number of phenols is 1. The molecule has 1 saturated carbocycles. The molecule has 4 nitrogen and oxygen atoms in total. The quantitative estimate of drug-likeness (QED) is 0.793. The van der Waals surface area contributed by atoms with Crippen molar-refractivity contribution in [2.24, 2.45) is 0 Å². The number of phenolic OH excluding ortho intramolecular Hbond substituents is 1. The van der Waals surface area contributed by atoms with Crippen molar-refractivity contribution in [3.63, 3.8) is 0 Å². The van der Waals surface area contributed by atoms with Gasteiger partial charge in [-0.25, -0.2) is 4.79 Å². The Hall–Kier alpha value is -1.71. The summed E-state index contributed by atoms with van der Waals surface area (Å²) in [5.41, 5.74) is -0.186. The Bertz CT molecular complexity index is 407. The van der Waals surface area contributed by atoms with Gasteiger partial charge in [-0.05, 0) is 24.6 Å². The average Bonchev–Trinajstić information content (AvgIpc) is 2.92. The predicted molar refractivity (Wildman–Crippen MR) is 53.1 cm³/mol. The number of benzene rings is 1. The number of hydrogen-bond donors (Lipinski definition) is 2. The molecule has 0 bridgehead atoms. The van der Waals surface area contributed by atoms with Gasteiger partial charge in [0.25, 0.3) is 0 Å². The highest BCUT2D eigenvalue weighted by Crippen LogP contribution is 2.43. The zero-order chi connectivity index (χ0) is 11.1. The first-order valence-corrected chi connectivity index (χ1v) is 4.75. The molecule has 0 saturated heterocycles. The lowest BCUT2D eigenvalue weighted by Crippen LogP contribution is -2.29. The number of ether oxygens (including phenoxy) is 1.